The Labute approximate surface area is 193 Å². The zero-order valence-electron chi connectivity index (χ0n) is 18.5. The molecule has 0 spiro atoms. The fourth-order valence-electron chi connectivity index (χ4n) is 3.99. The highest BCUT2D eigenvalue weighted by Crippen LogP contribution is 2.29. The number of carbonyl (C=O) groups excluding carboxylic acids is 2. The third-order valence-electron chi connectivity index (χ3n) is 5.74. The summed E-state index contributed by atoms with van der Waals surface area (Å²) in [6.45, 7) is 2.36. The van der Waals surface area contributed by atoms with Crippen LogP contribution >= 0.6 is 0 Å². The minimum Gasteiger partial charge on any atom is -0.495 e. The van der Waals surface area contributed by atoms with E-state index in [0.29, 0.717) is 31.9 Å². The van der Waals surface area contributed by atoms with Gasteiger partial charge in [-0.2, -0.15) is 4.31 Å². The minimum atomic E-state index is -3.85. The molecule has 176 valence electrons. The molecule has 0 aliphatic carbocycles. The summed E-state index contributed by atoms with van der Waals surface area (Å²) < 4.78 is 38.2. The quantitative estimate of drug-likeness (QED) is 0.660. The van der Waals surface area contributed by atoms with Crippen molar-refractivity contribution in [3.8, 4) is 5.75 Å². The van der Waals surface area contributed by atoms with Crippen LogP contribution in [0.25, 0.3) is 0 Å². The molecular weight excluding hydrogens is 446 g/mol. The molecule has 0 aromatic heterocycles. The number of amides is 2. The SMILES string of the molecule is COc1ccc(C(=O)Nc2cccc(CN3CCCC3=O)c2)cc1S(=O)(=O)N1CCOCC1. The lowest BCUT2D eigenvalue weighted by molar-refractivity contribution is -0.128. The number of methoxy groups -OCH3 is 1. The smallest absolute Gasteiger partial charge is 0.255 e. The summed E-state index contributed by atoms with van der Waals surface area (Å²) in [7, 11) is -2.46. The van der Waals surface area contributed by atoms with Crippen molar-refractivity contribution in [3.05, 3.63) is 53.6 Å². The average Bonchev–Trinajstić information content (AvgIpc) is 3.23. The highest BCUT2D eigenvalue weighted by molar-refractivity contribution is 7.89. The maximum atomic E-state index is 13.2. The third-order valence-corrected chi connectivity index (χ3v) is 7.66. The summed E-state index contributed by atoms with van der Waals surface area (Å²) in [6, 6.07) is 11.6. The summed E-state index contributed by atoms with van der Waals surface area (Å²) >= 11 is 0. The van der Waals surface area contributed by atoms with E-state index in [2.05, 4.69) is 5.32 Å². The molecule has 2 saturated heterocycles. The Hall–Kier alpha value is -2.95. The van der Waals surface area contributed by atoms with E-state index in [0.717, 1.165) is 18.5 Å². The predicted octanol–water partition coefficient (Wildman–Crippen LogP) is 2.09. The Morgan fingerprint density at radius 3 is 2.61 bits per heavy atom. The molecule has 2 fully saturated rings. The second kappa shape index (κ2) is 9.90. The Balaban J connectivity index is 1.53. The third kappa shape index (κ3) is 5.18. The van der Waals surface area contributed by atoms with Crippen LogP contribution in [0.1, 0.15) is 28.8 Å². The number of benzene rings is 2. The van der Waals surface area contributed by atoms with Crippen LogP contribution in [0.3, 0.4) is 0 Å². The molecule has 10 heteroatoms. The number of nitrogens with zero attached hydrogens (tertiary/aromatic N) is 2. The maximum absolute atomic E-state index is 13.2. The molecule has 0 radical (unpaired) electrons. The van der Waals surface area contributed by atoms with Crippen molar-refractivity contribution in [2.75, 3.05) is 45.3 Å². The van der Waals surface area contributed by atoms with Crippen LogP contribution in [-0.4, -0.2) is 69.4 Å². The van der Waals surface area contributed by atoms with E-state index in [9.17, 15) is 18.0 Å². The normalized spacial score (nSPS) is 17.2. The Morgan fingerprint density at radius 1 is 1.12 bits per heavy atom. The Kier molecular flexibility index (Phi) is 6.96. The number of anilines is 1. The molecule has 33 heavy (non-hydrogen) atoms. The van der Waals surface area contributed by atoms with Crippen LogP contribution in [0.4, 0.5) is 5.69 Å². The largest absolute Gasteiger partial charge is 0.495 e. The summed E-state index contributed by atoms with van der Waals surface area (Å²) in [5, 5.41) is 2.82. The van der Waals surface area contributed by atoms with Gasteiger partial charge in [0.05, 0.1) is 20.3 Å². The van der Waals surface area contributed by atoms with Gasteiger partial charge in [0.1, 0.15) is 10.6 Å². The number of nitrogens with one attached hydrogen (secondary N) is 1. The molecule has 2 aromatic carbocycles. The first-order chi connectivity index (χ1) is 15.9. The number of hydrogen-bond acceptors (Lipinski definition) is 6. The standard InChI is InChI=1S/C23H27N3O6S/c1-31-20-8-7-18(15-21(20)33(29,30)26-10-12-32-13-11-26)23(28)24-19-5-2-4-17(14-19)16-25-9-3-6-22(25)27/h2,4-5,7-8,14-15H,3,6,9-13,16H2,1H3,(H,24,28). The number of morpholine rings is 1. The molecule has 0 unspecified atom stereocenters. The second-order valence-corrected chi connectivity index (χ2v) is 9.86. The van der Waals surface area contributed by atoms with E-state index >= 15 is 0 Å². The monoisotopic (exact) mass is 473 g/mol. The van der Waals surface area contributed by atoms with Gasteiger partial charge in [-0.05, 0) is 42.3 Å². The van der Waals surface area contributed by atoms with Gasteiger partial charge in [-0.25, -0.2) is 8.42 Å². The van der Waals surface area contributed by atoms with Crippen LogP contribution in [0, 0.1) is 0 Å². The molecule has 2 amide bonds. The lowest BCUT2D eigenvalue weighted by Gasteiger charge is -2.26. The lowest BCUT2D eigenvalue weighted by atomic mass is 10.1. The van der Waals surface area contributed by atoms with E-state index in [1.165, 1.54) is 29.6 Å². The van der Waals surface area contributed by atoms with Crippen molar-refractivity contribution in [3.63, 3.8) is 0 Å². The number of likely N-dealkylation sites (tertiary alicyclic amines) is 1. The van der Waals surface area contributed by atoms with Gasteiger partial charge in [0.2, 0.25) is 15.9 Å². The van der Waals surface area contributed by atoms with Crippen LogP contribution < -0.4 is 10.1 Å². The van der Waals surface area contributed by atoms with Crippen LogP contribution in [0.2, 0.25) is 0 Å². The van der Waals surface area contributed by atoms with Crippen molar-refractivity contribution in [1.82, 2.24) is 9.21 Å². The van der Waals surface area contributed by atoms with Crippen LogP contribution in [-0.2, 0) is 26.1 Å². The predicted molar refractivity (Wildman–Crippen MR) is 122 cm³/mol. The van der Waals surface area contributed by atoms with Crippen LogP contribution in [0.5, 0.6) is 5.75 Å². The van der Waals surface area contributed by atoms with Crippen molar-refractivity contribution < 1.29 is 27.5 Å². The molecule has 0 bridgehead atoms. The fourth-order valence-corrected chi connectivity index (χ4v) is 5.58. The Bertz CT molecular complexity index is 1140. The summed E-state index contributed by atoms with van der Waals surface area (Å²) in [6.07, 6.45) is 1.44. The number of hydrogen-bond donors (Lipinski definition) is 1. The van der Waals surface area contributed by atoms with Crippen molar-refractivity contribution in [1.29, 1.82) is 0 Å². The second-order valence-electron chi connectivity index (χ2n) is 7.96. The van der Waals surface area contributed by atoms with E-state index in [4.69, 9.17) is 9.47 Å². The number of carbonyl (C=O) groups is 2. The van der Waals surface area contributed by atoms with Gasteiger partial charge in [-0.1, -0.05) is 12.1 Å². The lowest BCUT2D eigenvalue weighted by Crippen LogP contribution is -2.40. The number of sulfonamides is 1. The van der Waals surface area contributed by atoms with Gasteiger partial charge in [-0.15, -0.1) is 0 Å². The molecule has 0 atom stereocenters. The zero-order chi connectivity index (χ0) is 23.4. The van der Waals surface area contributed by atoms with E-state index in [1.807, 2.05) is 18.2 Å². The summed E-state index contributed by atoms with van der Waals surface area (Å²) in [5.41, 5.74) is 1.67. The molecule has 0 saturated carbocycles. The maximum Gasteiger partial charge on any atom is 0.255 e. The minimum absolute atomic E-state index is 0.0548. The first-order valence-corrected chi connectivity index (χ1v) is 12.3. The molecule has 2 aliphatic rings. The molecule has 2 heterocycles. The van der Waals surface area contributed by atoms with Crippen molar-refractivity contribution in [2.45, 2.75) is 24.3 Å². The van der Waals surface area contributed by atoms with Crippen LogP contribution in [0.15, 0.2) is 47.4 Å². The van der Waals surface area contributed by atoms with Gasteiger partial charge >= 0.3 is 0 Å². The van der Waals surface area contributed by atoms with Gasteiger partial charge in [0.25, 0.3) is 5.91 Å². The zero-order valence-corrected chi connectivity index (χ0v) is 19.3. The Morgan fingerprint density at radius 2 is 1.91 bits per heavy atom. The number of rotatable bonds is 7. The topological polar surface area (TPSA) is 105 Å². The van der Waals surface area contributed by atoms with E-state index in [-0.39, 0.29) is 35.2 Å². The van der Waals surface area contributed by atoms with Gasteiger partial charge in [0.15, 0.2) is 0 Å². The highest BCUT2D eigenvalue weighted by Gasteiger charge is 2.30. The van der Waals surface area contributed by atoms with E-state index in [1.54, 1.807) is 11.0 Å². The summed E-state index contributed by atoms with van der Waals surface area (Å²) in [5.74, 6) is -0.127. The average molecular weight is 474 g/mol. The molecule has 2 aliphatic heterocycles. The molecule has 1 N–H and O–H groups in total. The molecular formula is C23H27N3O6S. The van der Waals surface area contributed by atoms with Gasteiger partial charge < -0.3 is 19.7 Å². The first kappa shape index (κ1) is 23.2. The first-order valence-electron chi connectivity index (χ1n) is 10.8. The van der Waals surface area contributed by atoms with Gasteiger partial charge in [-0.3, -0.25) is 9.59 Å². The summed E-state index contributed by atoms with van der Waals surface area (Å²) in [4.78, 5) is 26.6. The van der Waals surface area contributed by atoms with Crippen molar-refractivity contribution >= 4 is 27.5 Å². The van der Waals surface area contributed by atoms with Gasteiger partial charge in [0, 0.05) is 43.9 Å². The molecule has 2 aromatic rings. The fraction of sp³-hybridized carbons (Fsp3) is 0.391. The molecule has 4 rings (SSSR count). The molecule has 9 nitrogen and oxygen atoms in total. The van der Waals surface area contributed by atoms with Crippen molar-refractivity contribution in [2.24, 2.45) is 0 Å². The highest BCUT2D eigenvalue weighted by atomic mass is 32.2. The number of ether oxygens (including phenoxy) is 2. The van der Waals surface area contributed by atoms with E-state index < -0.39 is 15.9 Å².